The van der Waals surface area contributed by atoms with Crippen molar-refractivity contribution in [3.8, 4) is 5.75 Å². The monoisotopic (exact) mass is 282 g/mol. The number of carbonyl (C=O) groups is 1. The van der Waals surface area contributed by atoms with Crippen molar-refractivity contribution in [2.45, 2.75) is 25.3 Å². The zero-order valence-corrected chi connectivity index (χ0v) is 11.7. The van der Waals surface area contributed by atoms with E-state index in [2.05, 4.69) is 5.32 Å². The molecule has 0 saturated carbocycles. The van der Waals surface area contributed by atoms with Crippen LogP contribution in [0, 0.1) is 0 Å². The van der Waals surface area contributed by atoms with Gasteiger partial charge in [-0.2, -0.15) is 0 Å². The second-order valence-electron chi connectivity index (χ2n) is 5.41. The molecule has 0 heterocycles. The van der Waals surface area contributed by atoms with Crippen molar-refractivity contribution in [2.24, 2.45) is 5.73 Å². The summed E-state index contributed by atoms with van der Waals surface area (Å²) in [7, 11) is 0. The summed E-state index contributed by atoms with van der Waals surface area (Å²) in [6, 6.07) is 12.9. The number of hydrogen-bond acceptors (Lipinski definition) is 3. The average molecular weight is 282 g/mol. The molecule has 1 amide bonds. The lowest BCUT2D eigenvalue weighted by Gasteiger charge is -2.27. The fourth-order valence-corrected chi connectivity index (χ4v) is 2.87. The zero-order valence-electron chi connectivity index (χ0n) is 11.7. The highest BCUT2D eigenvalue weighted by atomic mass is 16.3. The van der Waals surface area contributed by atoms with Crippen LogP contribution in [0.1, 0.15) is 40.4 Å². The Kier molecular flexibility index (Phi) is 3.52. The van der Waals surface area contributed by atoms with Gasteiger partial charge in [0.25, 0.3) is 0 Å². The van der Waals surface area contributed by atoms with Crippen LogP contribution in [0.25, 0.3) is 0 Å². The minimum absolute atomic E-state index is 0.181. The van der Waals surface area contributed by atoms with Crippen LogP contribution in [-0.2, 0) is 6.42 Å². The van der Waals surface area contributed by atoms with E-state index < -0.39 is 5.91 Å². The first-order chi connectivity index (χ1) is 10.1. The van der Waals surface area contributed by atoms with Crippen molar-refractivity contribution < 1.29 is 9.90 Å². The Labute approximate surface area is 123 Å². The molecule has 1 atom stereocenters. The molecule has 1 unspecified atom stereocenters. The van der Waals surface area contributed by atoms with Gasteiger partial charge in [-0.05, 0) is 66.8 Å². The molecule has 2 aromatic carbocycles. The Morgan fingerprint density at radius 1 is 1.19 bits per heavy atom. The molecule has 4 nitrogen and oxygen atoms in total. The number of phenols is 1. The number of amides is 1. The number of anilines is 1. The van der Waals surface area contributed by atoms with Crippen LogP contribution in [0.4, 0.5) is 5.69 Å². The van der Waals surface area contributed by atoms with Gasteiger partial charge in [0.15, 0.2) is 0 Å². The standard InChI is InChI=1S/C17H18N2O2/c18-17(21)12-4-7-13(8-5-12)19-16-3-1-2-11-6-9-14(20)10-15(11)16/h4-10,16,19-20H,1-3H2,(H2,18,21). The van der Waals surface area contributed by atoms with Crippen molar-refractivity contribution in [3.05, 3.63) is 59.2 Å². The first kappa shape index (κ1) is 13.5. The van der Waals surface area contributed by atoms with E-state index in [1.807, 2.05) is 24.3 Å². The van der Waals surface area contributed by atoms with Crippen LogP contribution >= 0.6 is 0 Å². The lowest BCUT2D eigenvalue weighted by molar-refractivity contribution is 0.100. The first-order valence-electron chi connectivity index (χ1n) is 7.11. The third-order valence-electron chi connectivity index (χ3n) is 3.95. The van der Waals surface area contributed by atoms with E-state index in [0.717, 1.165) is 30.5 Å². The maximum Gasteiger partial charge on any atom is 0.248 e. The van der Waals surface area contributed by atoms with Gasteiger partial charge in [0.1, 0.15) is 5.75 Å². The maximum absolute atomic E-state index is 11.1. The third kappa shape index (κ3) is 2.84. The number of nitrogens with one attached hydrogen (secondary N) is 1. The van der Waals surface area contributed by atoms with Crippen LogP contribution in [0.5, 0.6) is 5.75 Å². The van der Waals surface area contributed by atoms with Gasteiger partial charge in [-0.1, -0.05) is 6.07 Å². The average Bonchev–Trinajstić information content (AvgIpc) is 2.48. The zero-order chi connectivity index (χ0) is 14.8. The van der Waals surface area contributed by atoms with Crippen molar-refractivity contribution in [2.75, 3.05) is 5.32 Å². The fourth-order valence-electron chi connectivity index (χ4n) is 2.87. The number of fused-ring (bicyclic) bond motifs is 1. The van der Waals surface area contributed by atoms with Gasteiger partial charge in [-0.15, -0.1) is 0 Å². The van der Waals surface area contributed by atoms with Crippen LogP contribution < -0.4 is 11.1 Å². The molecule has 0 fully saturated rings. The second-order valence-corrected chi connectivity index (χ2v) is 5.41. The predicted octanol–water partition coefficient (Wildman–Crippen LogP) is 2.98. The van der Waals surface area contributed by atoms with E-state index in [0.29, 0.717) is 11.3 Å². The highest BCUT2D eigenvalue weighted by Gasteiger charge is 2.20. The molecule has 0 spiro atoms. The van der Waals surface area contributed by atoms with E-state index in [1.165, 1.54) is 5.56 Å². The van der Waals surface area contributed by atoms with Crippen LogP contribution in [0.15, 0.2) is 42.5 Å². The first-order valence-corrected chi connectivity index (χ1v) is 7.11. The maximum atomic E-state index is 11.1. The number of phenolic OH excluding ortho intramolecular Hbond substituents is 1. The lowest BCUT2D eigenvalue weighted by Crippen LogP contribution is -2.17. The smallest absolute Gasteiger partial charge is 0.248 e. The summed E-state index contributed by atoms with van der Waals surface area (Å²) in [6.45, 7) is 0. The van der Waals surface area contributed by atoms with E-state index >= 15 is 0 Å². The Hall–Kier alpha value is -2.49. The van der Waals surface area contributed by atoms with Gasteiger partial charge in [-0.3, -0.25) is 4.79 Å². The molecule has 0 saturated heterocycles. The van der Waals surface area contributed by atoms with Gasteiger partial charge in [0, 0.05) is 11.3 Å². The number of nitrogens with two attached hydrogens (primary N) is 1. The molecule has 0 aromatic heterocycles. The van der Waals surface area contributed by atoms with Crippen molar-refractivity contribution in [3.63, 3.8) is 0 Å². The van der Waals surface area contributed by atoms with Crippen LogP contribution in [0.2, 0.25) is 0 Å². The number of carbonyl (C=O) groups excluding carboxylic acids is 1. The minimum Gasteiger partial charge on any atom is -0.508 e. The summed E-state index contributed by atoms with van der Waals surface area (Å²) in [5.74, 6) is -0.124. The van der Waals surface area contributed by atoms with Crippen LogP contribution in [0.3, 0.4) is 0 Å². The van der Waals surface area contributed by atoms with E-state index in [4.69, 9.17) is 5.73 Å². The third-order valence-corrected chi connectivity index (χ3v) is 3.95. The van der Waals surface area contributed by atoms with Gasteiger partial charge < -0.3 is 16.2 Å². The van der Waals surface area contributed by atoms with Gasteiger partial charge in [0.05, 0.1) is 6.04 Å². The summed E-state index contributed by atoms with van der Waals surface area (Å²) in [5, 5.41) is 13.2. The topological polar surface area (TPSA) is 75.4 Å². The van der Waals surface area contributed by atoms with Crippen LogP contribution in [-0.4, -0.2) is 11.0 Å². The second kappa shape index (κ2) is 5.48. The Bertz CT molecular complexity index is 665. The molecule has 0 radical (unpaired) electrons. The molecule has 3 rings (SSSR count). The number of aryl methyl sites for hydroxylation is 1. The van der Waals surface area contributed by atoms with E-state index in [-0.39, 0.29) is 6.04 Å². The molecular weight excluding hydrogens is 264 g/mol. The van der Waals surface area contributed by atoms with Gasteiger partial charge in [0.2, 0.25) is 5.91 Å². The van der Waals surface area contributed by atoms with Gasteiger partial charge >= 0.3 is 0 Å². The normalized spacial score (nSPS) is 17.0. The number of primary amides is 1. The number of hydrogen-bond donors (Lipinski definition) is 3. The lowest BCUT2D eigenvalue weighted by atomic mass is 9.87. The molecule has 1 aliphatic carbocycles. The van der Waals surface area contributed by atoms with Gasteiger partial charge in [-0.25, -0.2) is 0 Å². The molecule has 108 valence electrons. The number of benzene rings is 2. The molecule has 2 aromatic rings. The predicted molar refractivity (Wildman–Crippen MR) is 82.4 cm³/mol. The molecule has 0 aliphatic heterocycles. The van der Waals surface area contributed by atoms with Crippen molar-refractivity contribution in [1.82, 2.24) is 0 Å². The summed E-state index contributed by atoms with van der Waals surface area (Å²) in [5.41, 5.74) is 9.12. The van der Waals surface area contributed by atoms with E-state index in [1.54, 1.807) is 18.2 Å². The quantitative estimate of drug-likeness (QED) is 0.810. The molecule has 21 heavy (non-hydrogen) atoms. The molecule has 1 aliphatic rings. The minimum atomic E-state index is -0.422. The highest BCUT2D eigenvalue weighted by molar-refractivity contribution is 5.93. The molecule has 0 bridgehead atoms. The summed E-state index contributed by atoms with van der Waals surface area (Å²) < 4.78 is 0. The van der Waals surface area contributed by atoms with Crippen molar-refractivity contribution in [1.29, 1.82) is 0 Å². The highest BCUT2D eigenvalue weighted by Crippen LogP contribution is 2.34. The fraction of sp³-hybridized carbons (Fsp3) is 0.235. The Morgan fingerprint density at radius 3 is 2.67 bits per heavy atom. The largest absolute Gasteiger partial charge is 0.508 e. The van der Waals surface area contributed by atoms with Crippen molar-refractivity contribution >= 4 is 11.6 Å². The summed E-state index contributed by atoms with van der Waals surface area (Å²) >= 11 is 0. The summed E-state index contributed by atoms with van der Waals surface area (Å²) in [6.07, 6.45) is 3.19. The number of rotatable bonds is 3. The SMILES string of the molecule is NC(=O)c1ccc(NC2CCCc3ccc(O)cc32)cc1. The Morgan fingerprint density at radius 2 is 1.95 bits per heavy atom. The summed E-state index contributed by atoms with van der Waals surface area (Å²) in [4.78, 5) is 11.1. The molecular formula is C17H18N2O2. The Balaban J connectivity index is 1.83. The van der Waals surface area contributed by atoms with E-state index in [9.17, 15) is 9.90 Å². The number of aromatic hydroxyl groups is 1. The molecule has 4 N–H and O–H groups in total. The molecule has 4 heteroatoms.